The standard InChI is InChI=1S/C12H22N2O2S3/c1-4-6-13-8-11-12(5-7-18-11)19(15,16)14-10(2)9-17-3/h5,7,10,13-14H,4,6,8-9H2,1-3H3. The van der Waals surface area contributed by atoms with Gasteiger partial charge in [-0.15, -0.1) is 11.3 Å². The molecular formula is C12H22N2O2S3. The Labute approximate surface area is 124 Å². The van der Waals surface area contributed by atoms with E-state index >= 15 is 0 Å². The molecule has 4 nitrogen and oxygen atoms in total. The Morgan fingerprint density at radius 2 is 2.21 bits per heavy atom. The summed E-state index contributed by atoms with van der Waals surface area (Å²) in [7, 11) is -3.40. The molecular weight excluding hydrogens is 300 g/mol. The normalized spacial score (nSPS) is 13.6. The van der Waals surface area contributed by atoms with Gasteiger partial charge in [-0.05, 0) is 37.6 Å². The molecule has 1 rings (SSSR count). The summed E-state index contributed by atoms with van der Waals surface area (Å²) in [4.78, 5) is 1.28. The molecule has 1 unspecified atom stereocenters. The summed E-state index contributed by atoms with van der Waals surface area (Å²) in [6.07, 6.45) is 3.01. The Morgan fingerprint density at radius 3 is 2.84 bits per heavy atom. The number of sulfonamides is 1. The van der Waals surface area contributed by atoms with Crippen LogP contribution in [-0.4, -0.2) is 33.0 Å². The van der Waals surface area contributed by atoms with Crippen LogP contribution in [0.15, 0.2) is 16.3 Å². The molecule has 1 heterocycles. The van der Waals surface area contributed by atoms with Crippen molar-refractivity contribution in [1.82, 2.24) is 10.0 Å². The van der Waals surface area contributed by atoms with E-state index in [4.69, 9.17) is 0 Å². The van der Waals surface area contributed by atoms with E-state index in [2.05, 4.69) is 17.0 Å². The molecule has 0 fully saturated rings. The van der Waals surface area contributed by atoms with Crippen LogP contribution in [0.3, 0.4) is 0 Å². The lowest BCUT2D eigenvalue weighted by atomic mass is 10.4. The predicted molar refractivity (Wildman–Crippen MR) is 84.5 cm³/mol. The fourth-order valence-corrected chi connectivity index (χ4v) is 5.03. The minimum atomic E-state index is -3.40. The van der Waals surface area contributed by atoms with Crippen molar-refractivity contribution in [2.75, 3.05) is 18.6 Å². The van der Waals surface area contributed by atoms with Crippen molar-refractivity contribution in [3.63, 3.8) is 0 Å². The first kappa shape index (κ1) is 17.0. The number of nitrogens with one attached hydrogen (secondary N) is 2. The molecule has 0 saturated carbocycles. The Balaban J connectivity index is 2.75. The van der Waals surface area contributed by atoms with Crippen molar-refractivity contribution >= 4 is 33.1 Å². The Hall–Kier alpha value is -0.0800. The Bertz CT molecular complexity index is 471. The topological polar surface area (TPSA) is 58.2 Å². The van der Waals surface area contributed by atoms with Crippen molar-refractivity contribution in [2.45, 2.75) is 37.8 Å². The second-order valence-electron chi connectivity index (χ2n) is 4.36. The number of thiophene rings is 1. The second kappa shape index (κ2) is 8.26. The molecule has 0 amide bonds. The van der Waals surface area contributed by atoms with Crippen molar-refractivity contribution in [3.8, 4) is 0 Å². The summed E-state index contributed by atoms with van der Waals surface area (Å²) >= 11 is 3.11. The average molecular weight is 323 g/mol. The van der Waals surface area contributed by atoms with Gasteiger partial charge < -0.3 is 5.32 Å². The quantitative estimate of drug-likeness (QED) is 0.685. The van der Waals surface area contributed by atoms with E-state index in [1.807, 2.05) is 18.6 Å². The van der Waals surface area contributed by atoms with Crippen LogP contribution >= 0.6 is 23.1 Å². The van der Waals surface area contributed by atoms with Gasteiger partial charge in [0.1, 0.15) is 0 Å². The van der Waals surface area contributed by atoms with Crippen LogP contribution in [0.25, 0.3) is 0 Å². The van der Waals surface area contributed by atoms with Gasteiger partial charge in [0.15, 0.2) is 0 Å². The SMILES string of the molecule is CCCNCc1sccc1S(=O)(=O)NC(C)CSC. The second-order valence-corrected chi connectivity index (χ2v) is 7.96. The van der Waals surface area contributed by atoms with Gasteiger partial charge in [0.25, 0.3) is 0 Å². The summed E-state index contributed by atoms with van der Waals surface area (Å²) < 4.78 is 27.3. The van der Waals surface area contributed by atoms with Crippen LogP contribution in [0.2, 0.25) is 0 Å². The number of hydrogen-bond donors (Lipinski definition) is 2. The summed E-state index contributed by atoms with van der Waals surface area (Å²) in [5.74, 6) is 0.771. The third-order valence-electron chi connectivity index (χ3n) is 2.48. The first-order valence-corrected chi connectivity index (χ1v) is 10.0. The predicted octanol–water partition coefficient (Wildman–Crippen LogP) is 2.28. The van der Waals surface area contributed by atoms with E-state index in [1.54, 1.807) is 17.8 Å². The lowest BCUT2D eigenvalue weighted by molar-refractivity contribution is 0.569. The van der Waals surface area contributed by atoms with Crippen LogP contribution < -0.4 is 10.0 Å². The molecule has 1 aromatic heterocycles. The summed E-state index contributed by atoms with van der Waals surface area (Å²) in [6.45, 7) is 5.48. The summed E-state index contributed by atoms with van der Waals surface area (Å²) in [5.41, 5.74) is 0. The van der Waals surface area contributed by atoms with Gasteiger partial charge in [-0.3, -0.25) is 0 Å². The Kier molecular flexibility index (Phi) is 7.38. The van der Waals surface area contributed by atoms with Gasteiger partial charge in [0.05, 0.1) is 4.90 Å². The highest BCUT2D eigenvalue weighted by molar-refractivity contribution is 7.98. The van der Waals surface area contributed by atoms with Crippen LogP contribution in [-0.2, 0) is 16.6 Å². The van der Waals surface area contributed by atoms with Crippen LogP contribution in [0.1, 0.15) is 25.1 Å². The molecule has 110 valence electrons. The fraction of sp³-hybridized carbons (Fsp3) is 0.667. The minimum absolute atomic E-state index is 0.0589. The maximum absolute atomic E-state index is 12.3. The van der Waals surface area contributed by atoms with Gasteiger partial charge in [0.2, 0.25) is 10.0 Å². The number of hydrogen-bond acceptors (Lipinski definition) is 5. The third-order valence-corrected chi connectivity index (χ3v) is 6.04. The van der Waals surface area contributed by atoms with E-state index in [-0.39, 0.29) is 6.04 Å². The number of rotatable bonds is 9. The zero-order valence-corrected chi connectivity index (χ0v) is 14.1. The molecule has 1 atom stereocenters. The zero-order valence-electron chi connectivity index (χ0n) is 11.6. The van der Waals surface area contributed by atoms with Crippen molar-refractivity contribution in [3.05, 3.63) is 16.3 Å². The maximum Gasteiger partial charge on any atom is 0.241 e. The first-order chi connectivity index (χ1) is 9.01. The summed E-state index contributed by atoms with van der Waals surface area (Å²) in [5, 5.41) is 5.07. The van der Waals surface area contributed by atoms with E-state index in [0.29, 0.717) is 11.4 Å². The van der Waals surface area contributed by atoms with Crippen LogP contribution in [0.4, 0.5) is 0 Å². The highest BCUT2D eigenvalue weighted by Gasteiger charge is 2.21. The van der Waals surface area contributed by atoms with Gasteiger partial charge >= 0.3 is 0 Å². The van der Waals surface area contributed by atoms with Crippen LogP contribution in [0, 0.1) is 0 Å². The van der Waals surface area contributed by atoms with Crippen molar-refractivity contribution < 1.29 is 8.42 Å². The first-order valence-electron chi connectivity index (χ1n) is 6.29. The van der Waals surface area contributed by atoms with E-state index in [9.17, 15) is 8.42 Å². The maximum atomic E-state index is 12.3. The lowest BCUT2D eigenvalue weighted by Crippen LogP contribution is -2.34. The molecule has 2 N–H and O–H groups in total. The van der Waals surface area contributed by atoms with Crippen LogP contribution in [0.5, 0.6) is 0 Å². The molecule has 0 aliphatic carbocycles. The lowest BCUT2D eigenvalue weighted by Gasteiger charge is -2.13. The van der Waals surface area contributed by atoms with Gasteiger partial charge in [-0.2, -0.15) is 11.8 Å². The molecule has 0 aliphatic heterocycles. The highest BCUT2D eigenvalue weighted by Crippen LogP contribution is 2.22. The molecule has 7 heteroatoms. The molecule has 0 bridgehead atoms. The molecule has 0 aromatic carbocycles. The molecule has 0 aliphatic rings. The van der Waals surface area contributed by atoms with Gasteiger partial charge in [0, 0.05) is 23.2 Å². The average Bonchev–Trinajstić information content (AvgIpc) is 2.78. The smallest absolute Gasteiger partial charge is 0.241 e. The molecule has 0 saturated heterocycles. The molecule has 1 aromatic rings. The highest BCUT2D eigenvalue weighted by atomic mass is 32.2. The van der Waals surface area contributed by atoms with Gasteiger partial charge in [-0.1, -0.05) is 6.92 Å². The third kappa shape index (κ3) is 5.43. The Morgan fingerprint density at radius 1 is 1.47 bits per heavy atom. The molecule has 19 heavy (non-hydrogen) atoms. The molecule has 0 spiro atoms. The van der Waals surface area contributed by atoms with E-state index < -0.39 is 10.0 Å². The molecule has 0 radical (unpaired) electrons. The van der Waals surface area contributed by atoms with Crippen molar-refractivity contribution in [2.24, 2.45) is 0 Å². The van der Waals surface area contributed by atoms with Gasteiger partial charge in [-0.25, -0.2) is 13.1 Å². The summed E-state index contributed by atoms with van der Waals surface area (Å²) in [6, 6.07) is 1.62. The van der Waals surface area contributed by atoms with E-state index in [0.717, 1.165) is 23.6 Å². The number of thioether (sulfide) groups is 1. The minimum Gasteiger partial charge on any atom is -0.312 e. The van der Waals surface area contributed by atoms with Crippen molar-refractivity contribution in [1.29, 1.82) is 0 Å². The van der Waals surface area contributed by atoms with E-state index in [1.165, 1.54) is 11.3 Å². The monoisotopic (exact) mass is 322 g/mol. The fourth-order valence-electron chi connectivity index (χ4n) is 1.69. The zero-order chi connectivity index (χ0) is 14.3. The largest absolute Gasteiger partial charge is 0.312 e.